The van der Waals surface area contributed by atoms with Crippen molar-refractivity contribution in [3.05, 3.63) is 54.1 Å². The van der Waals surface area contributed by atoms with Crippen LogP contribution in [-0.4, -0.2) is 13.7 Å². The van der Waals surface area contributed by atoms with Crippen molar-refractivity contribution >= 4 is 5.69 Å². The molecule has 0 saturated heterocycles. The van der Waals surface area contributed by atoms with Crippen LogP contribution in [-0.2, 0) is 6.54 Å². The zero-order chi connectivity index (χ0) is 14.2. The van der Waals surface area contributed by atoms with Crippen molar-refractivity contribution in [2.75, 3.05) is 19.0 Å². The molecule has 3 nitrogen and oxygen atoms in total. The van der Waals surface area contributed by atoms with Gasteiger partial charge < -0.3 is 14.8 Å². The fraction of sp³-hybridized carbons (Fsp3) is 0.294. The molecule has 0 aliphatic carbocycles. The van der Waals surface area contributed by atoms with Crippen LogP contribution in [0, 0.1) is 0 Å². The lowest BCUT2D eigenvalue weighted by molar-refractivity contribution is 0.314. The molecule has 2 aromatic rings. The van der Waals surface area contributed by atoms with E-state index >= 15 is 0 Å². The van der Waals surface area contributed by atoms with Gasteiger partial charge in [0.25, 0.3) is 0 Å². The van der Waals surface area contributed by atoms with Crippen molar-refractivity contribution in [2.24, 2.45) is 0 Å². The average molecular weight is 271 g/mol. The van der Waals surface area contributed by atoms with Gasteiger partial charge in [0.05, 0.1) is 19.4 Å². The van der Waals surface area contributed by atoms with Crippen LogP contribution in [0.4, 0.5) is 5.69 Å². The SMILES string of the molecule is CCCOc1ccccc1CNc1ccccc1OC. The molecule has 0 aliphatic heterocycles. The largest absolute Gasteiger partial charge is 0.495 e. The van der Waals surface area contributed by atoms with Gasteiger partial charge in [-0.15, -0.1) is 0 Å². The summed E-state index contributed by atoms with van der Waals surface area (Å²) >= 11 is 0. The first-order valence-electron chi connectivity index (χ1n) is 6.92. The third-order valence-electron chi connectivity index (χ3n) is 3.01. The molecule has 0 atom stereocenters. The van der Waals surface area contributed by atoms with Gasteiger partial charge in [-0.3, -0.25) is 0 Å². The maximum atomic E-state index is 5.76. The fourth-order valence-corrected chi connectivity index (χ4v) is 1.98. The number of hydrogen-bond donors (Lipinski definition) is 1. The second-order valence-electron chi connectivity index (χ2n) is 4.51. The summed E-state index contributed by atoms with van der Waals surface area (Å²) in [5.41, 5.74) is 2.13. The van der Waals surface area contributed by atoms with Crippen molar-refractivity contribution in [3.63, 3.8) is 0 Å². The van der Waals surface area contributed by atoms with Gasteiger partial charge >= 0.3 is 0 Å². The summed E-state index contributed by atoms with van der Waals surface area (Å²) in [7, 11) is 1.68. The Hall–Kier alpha value is -2.16. The van der Waals surface area contributed by atoms with Gasteiger partial charge in [0.2, 0.25) is 0 Å². The van der Waals surface area contributed by atoms with E-state index < -0.39 is 0 Å². The number of benzene rings is 2. The highest BCUT2D eigenvalue weighted by molar-refractivity contribution is 5.56. The number of para-hydroxylation sites is 3. The van der Waals surface area contributed by atoms with Gasteiger partial charge in [-0.2, -0.15) is 0 Å². The van der Waals surface area contributed by atoms with Gasteiger partial charge in [-0.1, -0.05) is 37.3 Å². The minimum atomic E-state index is 0.709. The van der Waals surface area contributed by atoms with Gasteiger partial charge in [0.1, 0.15) is 11.5 Å². The van der Waals surface area contributed by atoms with E-state index in [1.54, 1.807) is 7.11 Å². The van der Waals surface area contributed by atoms with E-state index in [-0.39, 0.29) is 0 Å². The summed E-state index contributed by atoms with van der Waals surface area (Å²) in [5.74, 6) is 1.79. The maximum Gasteiger partial charge on any atom is 0.141 e. The number of rotatable bonds is 7. The molecule has 3 heteroatoms. The standard InChI is InChI=1S/C17H21NO2/c1-3-12-20-16-10-6-4-8-14(16)13-18-15-9-5-7-11-17(15)19-2/h4-11,18H,3,12-13H2,1-2H3. The van der Waals surface area contributed by atoms with Gasteiger partial charge in [-0.05, 0) is 24.6 Å². The molecule has 0 amide bonds. The van der Waals surface area contributed by atoms with Gasteiger partial charge in [0, 0.05) is 12.1 Å². The van der Waals surface area contributed by atoms with Crippen LogP contribution in [0.25, 0.3) is 0 Å². The maximum absolute atomic E-state index is 5.76. The van der Waals surface area contributed by atoms with Crippen molar-refractivity contribution in [1.82, 2.24) is 0 Å². The van der Waals surface area contributed by atoms with Crippen LogP contribution in [0.3, 0.4) is 0 Å². The van der Waals surface area contributed by atoms with Gasteiger partial charge in [-0.25, -0.2) is 0 Å². The topological polar surface area (TPSA) is 30.5 Å². The van der Waals surface area contributed by atoms with E-state index in [0.29, 0.717) is 6.54 Å². The third kappa shape index (κ3) is 3.67. The Morgan fingerprint density at radius 2 is 1.65 bits per heavy atom. The smallest absolute Gasteiger partial charge is 0.141 e. The Balaban J connectivity index is 2.06. The predicted molar refractivity (Wildman–Crippen MR) is 82.5 cm³/mol. The lowest BCUT2D eigenvalue weighted by Crippen LogP contribution is -2.04. The Labute approximate surface area is 120 Å². The minimum Gasteiger partial charge on any atom is -0.495 e. The Bertz CT molecular complexity index is 540. The molecule has 2 aromatic carbocycles. The zero-order valence-electron chi connectivity index (χ0n) is 12.1. The van der Waals surface area contributed by atoms with Crippen molar-refractivity contribution < 1.29 is 9.47 Å². The molecule has 0 aliphatic rings. The van der Waals surface area contributed by atoms with E-state index in [4.69, 9.17) is 9.47 Å². The summed E-state index contributed by atoms with van der Waals surface area (Å²) in [5, 5.41) is 3.39. The Morgan fingerprint density at radius 3 is 2.40 bits per heavy atom. The molecular weight excluding hydrogens is 250 g/mol. The molecule has 0 spiro atoms. The summed E-state index contributed by atoms with van der Waals surface area (Å²) in [6.45, 7) is 3.56. The monoisotopic (exact) mass is 271 g/mol. The van der Waals surface area contributed by atoms with E-state index in [9.17, 15) is 0 Å². The quantitative estimate of drug-likeness (QED) is 0.822. The van der Waals surface area contributed by atoms with Crippen LogP contribution < -0.4 is 14.8 Å². The van der Waals surface area contributed by atoms with Crippen molar-refractivity contribution in [2.45, 2.75) is 19.9 Å². The number of methoxy groups -OCH3 is 1. The Morgan fingerprint density at radius 1 is 0.950 bits per heavy atom. The number of ether oxygens (including phenoxy) is 2. The van der Waals surface area contributed by atoms with E-state index in [0.717, 1.165) is 35.8 Å². The minimum absolute atomic E-state index is 0.709. The highest BCUT2D eigenvalue weighted by Gasteiger charge is 2.05. The first-order valence-corrected chi connectivity index (χ1v) is 6.92. The molecule has 0 fully saturated rings. The molecule has 0 heterocycles. The highest BCUT2D eigenvalue weighted by Crippen LogP contribution is 2.25. The van der Waals surface area contributed by atoms with Crippen LogP contribution in [0.15, 0.2) is 48.5 Å². The second-order valence-corrected chi connectivity index (χ2v) is 4.51. The van der Waals surface area contributed by atoms with Crippen LogP contribution >= 0.6 is 0 Å². The third-order valence-corrected chi connectivity index (χ3v) is 3.01. The zero-order valence-corrected chi connectivity index (χ0v) is 12.1. The average Bonchev–Trinajstić information content (AvgIpc) is 2.52. The van der Waals surface area contributed by atoms with E-state index in [1.165, 1.54) is 0 Å². The summed E-state index contributed by atoms with van der Waals surface area (Å²) in [6, 6.07) is 16.0. The van der Waals surface area contributed by atoms with E-state index in [1.807, 2.05) is 42.5 Å². The number of nitrogens with one attached hydrogen (secondary N) is 1. The molecule has 106 valence electrons. The van der Waals surface area contributed by atoms with Crippen LogP contribution in [0.2, 0.25) is 0 Å². The lowest BCUT2D eigenvalue weighted by Gasteiger charge is -2.14. The van der Waals surface area contributed by atoms with Gasteiger partial charge in [0.15, 0.2) is 0 Å². The first kappa shape index (κ1) is 14.3. The Kier molecular flexibility index (Phi) is 5.30. The molecule has 0 unspecified atom stereocenters. The van der Waals surface area contributed by atoms with Crippen molar-refractivity contribution in [3.8, 4) is 11.5 Å². The van der Waals surface area contributed by atoms with Crippen LogP contribution in [0.5, 0.6) is 11.5 Å². The predicted octanol–water partition coefficient (Wildman–Crippen LogP) is 4.10. The molecule has 0 bridgehead atoms. The molecular formula is C17H21NO2. The lowest BCUT2D eigenvalue weighted by atomic mass is 10.2. The summed E-state index contributed by atoms with van der Waals surface area (Å²) < 4.78 is 11.1. The molecule has 0 aromatic heterocycles. The van der Waals surface area contributed by atoms with Crippen molar-refractivity contribution in [1.29, 1.82) is 0 Å². The molecule has 0 radical (unpaired) electrons. The molecule has 0 saturated carbocycles. The highest BCUT2D eigenvalue weighted by atomic mass is 16.5. The molecule has 20 heavy (non-hydrogen) atoms. The fourth-order valence-electron chi connectivity index (χ4n) is 1.98. The summed E-state index contributed by atoms with van der Waals surface area (Å²) in [4.78, 5) is 0. The molecule has 2 rings (SSSR count). The second kappa shape index (κ2) is 7.43. The van der Waals surface area contributed by atoms with E-state index in [2.05, 4.69) is 18.3 Å². The summed E-state index contributed by atoms with van der Waals surface area (Å²) in [6.07, 6.45) is 1.01. The number of anilines is 1. The normalized spacial score (nSPS) is 10.1. The number of hydrogen-bond acceptors (Lipinski definition) is 3. The van der Waals surface area contributed by atoms with Crippen LogP contribution in [0.1, 0.15) is 18.9 Å². The molecule has 1 N–H and O–H groups in total. The first-order chi connectivity index (χ1) is 9.85.